The fraction of sp³-hybridized carbons (Fsp3) is 0.667. The summed E-state index contributed by atoms with van der Waals surface area (Å²) in [5.41, 5.74) is 9.66. The van der Waals surface area contributed by atoms with Crippen molar-refractivity contribution < 1.29 is 19.1 Å². The molecule has 37 heavy (non-hydrogen) atoms. The summed E-state index contributed by atoms with van der Waals surface area (Å²) in [5, 5.41) is 6.87. The summed E-state index contributed by atoms with van der Waals surface area (Å²) in [6, 6.07) is 6.42. The van der Waals surface area contributed by atoms with E-state index in [2.05, 4.69) is 27.2 Å². The van der Waals surface area contributed by atoms with Crippen molar-refractivity contribution in [3.05, 3.63) is 45.8 Å². The standard InChI is InChI=1S/C27H36N6O4/c1-2-32-14-10-19(11-15-32)18-6-8-20(9-7-18)25(35)29-27(12-4-3-5-13-27)26(36)33-16-21(30-31-28)24-23(33)22(34)17-37-24/h6-9,19,21,23-24H,2-5,10-17H2,1H3,(H,29,35)/t21-,23+,24+/m0/s1. The minimum absolute atomic E-state index is 0.0975. The van der Waals surface area contributed by atoms with Crippen LogP contribution in [-0.4, -0.2) is 83.9 Å². The Morgan fingerprint density at radius 2 is 1.86 bits per heavy atom. The van der Waals surface area contributed by atoms with Crippen LogP contribution in [0.25, 0.3) is 10.4 Å². The molecule has 1 N–H and O–H groups in total. The van der Waals surface area contributed by atoms with Gasteiger partial charge in [0.2, 0.25) is 5.91 Å². The third-order valence-electron chi connectivity index (χ3n) is 8.77. The van der Waals surface area contributed by atoms with Crippen molar-refractivity contribution in [1.29, 1.82) is 0 Å². The van der Waals surface area contributed by atoms with E-state index < -0.39 is 23.7 Å². The van der Waals surface area contributed by atoms with Crippen LogP contribution >= 0.6 is 0 Å². The van der Waals surface area contributed by atoms with Crippen molar-refractivity contribution in [3.63, 3.8) is 0 Å². The summed E-state index contributed by atoms with van der Waals surface area (Å²) < 4.78 is 5.58. The first-order chi connectivity index (χ1) is 18.0. The second kappa shape index (κ2) is 10.8. The van der Waals surface area contributed by atoms with E-state index in [1.807, 2.05) is 24.3 Å². The first-order valence-electron chi connectivity index (χ1n) is 13.6. The number of Topliss-reactive ketones (excluding diaryl/α,β-unsaturated/α-hetero) is 1. The Labute approximate surface area is 217 Å². The lowest BCUT2D eigenvalue weighted by molar-refractivity contribution is -0.143. The summed E-state index contributed by atoms with van der Waals surface area (Å²) in [6.07, 6.45) is 5.26. The van der Waals surface area contributed by atoms with Gasteiger partial charge in [-0.3, -0.25) is 14.4 Å². The van der Waals surface area contributed by atoms with Crippen LogP contribution in [0.5, 0.6) is 0 Å². The van der Waals surface area contributed by atoms with Crippen molar-refractivity contribution in [3.8, 4) is 0 Å². The van der Waals surface area contributed by atoms with Gasteiger partial charge in [0, 0.05) is 17.0 Å². The Bertz CT molecular complexity index is 1070. The molecule has 3 heterocycles. The van der Waals surface area contributed by atoms with Crippen molar-refractivity contribution in [1.82, 2.24) is 15.1 Å². The maximum absolute atomic E-state index is 14.0. The number of ether oxygens (including phenoxy) is 1. The van der Waals surface area contributed by atoms with Crippen molar-refractivity contribution in [2.24, 2.45) is 5.11 Å². The van der Waals surface area contributed by atoms with Gasteiger partial charge in [-0.25, -0.2) is 0 Å². The normalized spacial score (nSPS) is 28.0. The summed E-state index contributed by atoms with van der Waals surface area (Å²) in [7, 11) is 0. The number of rotatable bonds is 6. The molecule has 1 aromatic carbocycles. The molecule has 0 bridgehead atoms. The monoisotopic (exact) mass is 508 g/mol. The molecular weight excluding hydrogens is 472 g/mol. The van der Waals surface area contributed by atoms with Crippen LogP contribution in [0.2, 0.25) is 0 Å². The molecule has 0 radical (unpaired) electrons. The molecule has 4 aliphatic rings. The van der Waals surface area contributed by atoms with E-state index >= 15 is 0 Å². The Balaban J connectivity index is 1.32. The van der Waals surface area contributed by atoms with Crippen LogP contribution in [0.15, 0.2) is 29.4 Å². The highest BCUT2D eigenvalue weighted by Crippen LogP contribution is 2.36. The van der Waals surface area contributed by atoms with E-state index in [9.17, 15) is 14.4 Å². The molecule has 1 saturated carbocycles. The lowest BCUT2D eigenvalue weighted by atomic mass is 9.80. The van der Waals surface area contributed by atoms with Crippen LogP contribution in [-0.2, 0) is 14.3 Å². The number of hydrogen-bond donors (Lipinski definition) is 1. The lowest BCUT2D eigenvalue weighted by Crippen LogP contribution is -2.62. The van der Waals surface area contributed by atoms with E-state index in [0.29, 0.717) is 24.3 Å². The van der Waals surface area contributed by atoms with Crippen LogP contribution in [0.4, 0.5) is 0 Å². The Morgan fingerprint density at radius 3 is 2.51 bits per heavy atom. The second-order valence-corrected chi connectivity index (χ2v) is 10.8. The minimum atomic E-state index is -1.08. The smallest absolute Gasteiger partial charge is 0.252 e. The van der Waals surface area contributed by atoms with Gasteiger partial charge in [0.25, 0.3) is 5.91 Å². The highest BCUT2D eigenvalue weighted by atomic mass is 16.5. The van der Waals surface area contributed by atoms with Gasteiger partial charge in [0.05, 0.1) is 12.1 Å². The summed E-state index contributed by atoms with van der Waals surface area (Å²) in [4.78, 5) is 46.9. The number of amides is 2. The highest BCUT2D eigenvalue weighted by molar-refractivity contribution is 6.01. The Kier molecular flexibility index (Phi) is 7.51. The van der Waals surface area contributed by atoms with Gasteiger partial charge in [0.15, 0.2) is 5.78 Å². The number of hydrogen-bond acceptors (Lipinski definition) is 6. The largest absolute Gasteiger partial charge is 0.367 e. The molecule has 1 aromatic rings. The molecule has 3 aliphatic heterocycles. The Hall–Kier alpha value is -2.94. The molecule has 10 nitrogen and oxygen atoms in total. The molecule has 0 spiro atoms. The average molecular weight is 509 g/mol. The first-order valence-corrected chi connectivity index (χ1v) is 13.6. The number of benzene rings is 1. The van der Waals surface area contributed by atoms with Crippen LogP contribution in [0.3, 0.4) is 0 Å². The number of nitrogens with zero attached hydrogens (tertiary/aromatic N) is 5. The SMILES string of the molecule is CCN1CCC(c2ccc(C(=O)NC3(C(=O)N4C[C@H](N=[N+]=[N-])[C@H]5OCC(=O)[C@H]54)CCCCC3)cc2)CC1. The molecule has 5 rings (SSSR count). The molecule has 198 valence electrons. The Morgan fingerprint density at radius 1 is 1.16 bits per heavy atom. The van der Waals surface area contributed by atoms with Gasteiger partial charge in [-0.2, -0.15) is 0 Å². The van der Waals surface area contributed by atoms with Gasteiger partial charge >= 0.3 is 0 Å². The van der Waals surface area contributed by atoms with E-state index in [1.54, 1.807) is 0 Å². The molecular formula is C27H36N6O4. The number of ketones is 1. The van der Waals surface area contributed by atoms with Gasteiger partial charge < -0.3 is 19.9 Å². The number of piperidine rings is 1. The van der Waals surface area contributed by atoms with Gasteiger partial charge in [-0.05, 0) is 74.5 Å². The number of carbonyl (C=O) groups excluding carboxylic acids is 3. The van der Waals surface area contributed by atoms with Crippen LogP contribution < -0.4 is 5.32 Å². The number of azide groups is 1. The third-order valence-corrected chi connectivity index (χ3v) is 8.77. The predicted molar refractivity (Wildman–Crippen MR) is 137 cm³/mol. The summed E-state index contributed by atoms with van der Waals surface area (Å²) >= 11 is 0. The number of carbonyl (C=O) groups is 3. The molecule has 0 unspecified atom stereocenters. The van der Waals surface area contributed by atoms with Gasteiger partial charge in [-0.1, -0.05) is 43.4 Å². The van der Waals surface area contributed by atoms with Gasteiger partial charge in [0.1, 0.15) is 18.2 Å². The topological polar surface area (TPSA) is 128 Å². The molecule has 10 heteroatoms. The fourth-order valence-corrected chi connectivity index (χ4v) is 6.61. The second-order valence-electron chi connectivity index (χ2n) is 10.8. The molecule has 0 aromatic heterocycles. The van der Waals surface area contributed by atoms with Crippen molar-refractivity contribution in [2.75, 3.05) is 32.8 Å². The zero-order valence-electron chi connectivity index (χ0n) is 21.5. The third kappa shape index (κ3) is 4.98. The zero-order valence-corrected chi connectivity index (χ0v) is 21.5. The summed E-state index contributed by atoms with van der Waals surface area (Å²) in [5.74, 6) is -0.237. The van der Waals surface area contributed by atoms with Crippen LogP contribution in [0, 0.1) is 0 Å². The highest BCUT2D eigenvalue weighted by Gasteiger charge is 2.56. The number of likely N-dealkylation sites (tertiary alicyclic amines) is 2. The number of fused-ring (bicyclic) bond motifs is 1. The van der Waals surface area contributed by atoms with Crippen LogP contribution in [0.1, 0.15) is 73.7 Å². The maximum atomic E-state index is 14.0. The van der Waals surface area contributed by atoms with Gasteiger partial charge in [-0.15, -0.1) is 0 Å². The molecule has 3 saturated heterocycles. The predicted octanol–water partition coefficient (Wildman–Crippen LogP) is 3.18. The van der Waals surface area contributed by atoms with Crippen molar-refractivity contribution >= 4 is 17.6 Å². The maximum Gasteiger partial charge on any atom is 0.252 e. The number of nitrogens with one attached hydrogen (secondary N) is 1. The molecule has 2 amide bonds. The minimum Gasteiger partial charge on any atom is -0.367 e. The van der Waals surface area contributed by atoms with E-state index in [4.69, 9.17) is 10.3 Å². The van der Waals surface area contributed by atoms with E-state index in [0.717, 1.165) is 51.7 Å². The zero-order chi connectivity index (χ0) is 26.0. The first kappa shape index (κ1) is 25.7. The quantitative estimate of drug-likeness (QED) is 0.359. The molecule has 4 fully saturated rings. The lowest BCUT2D eigenvalue weighted by Gasteiger charge is -2.40. The average Bonchev–Trinajstić information content (AvgIpc) is 3.49. The van der Waals surface area contributed by atoms with E-state index in [-0.39, 0.29) is 30.7 Å². The molecule has 1 aliphatic carbocycles. The van der Waals surface area contributed by atoms with Crippen molar-refractivity contribution in [2.45, 2.75) is 81.5 Å². The van der Waals surface area contributed by atoms with E-state index in [1.165, 1.54) is 10.5 Å². The molecule has 3 atom stereocenters. The fourth-order valence-electron chi connectivity index (χ4n) is 6.61. The summed E-state index contributed by atoms with van der Waals surface area (Å²) in [6.45, 7) is 5.49.